The van der Waals surface area contributed by atoms with Gasteiger partial charge >= 0.3 is 0 Å². The summed E-state index contributed by atoms with van der Waals surface area (Å²) < 4.78 is 16.9. The van der Waals surface area contributed by atoms with Gasteiger partial charge in [-0.3, -0.25) is 0 Å². The molecule has 4 aromatic carbocycles. The van der Waals surface area contributed by atoms with Gasteiger partial charge in [-0.1, -0.05) is 24.3 Å². The van der Waals surface area contributed by atoms with Gasteiger partial charge < -0.3 is 44.8 Å². The summed E-state index contributed by atoms with van der Waals surface area (Å²) in [6, 6.07) is 17.5. The van der Waals surface area contributed by atoms with Gasteiger partial charge in [0, 0.05) is 17.7 Å². The SMILES string of the molecule is COc1cc([C@H](O)[C@H](Oc2ccc(/C=C/c3cc(O)cc(O)c3)cc2OC)c2cc(O)cc(O)c2)ccc1O. The summed E-state index contributed by atoms with van der Waals surface area (Å²) in [4.78, 5) is 0. The van der Waals surface area contributed by atoms with Gasteiger partial charge in [0.15, 0.2) is 29.1 Å². The lowest BCUT2D eigenvalue weighted by Crippen LogP contribution is -2.18. The lowest BCUT2D eigenvalue weighted by Gasteiger charge is -2.26. The van der Waals surface area contributed by atoms with Crippen LogP contribution in [0.3, 0.4) is 0 Å². The molecule has 0 aliphatic heterocycles. The Morgan fingerprint density at radius 2 is 1.15 bits per heavy atom. The number of aliphatic hydroxyl groups is 1. The molecule has 202 valence electrons. The minimum atomic E-state index is -1.32. The summed E-state index contributed by atoms with van der Waals surface area (Å²) in [5.74, 6) is 0.0710. The second-order valence-corrected chi connectivity index (χ2v) is 8.72. The van der Waals surface area contributed by atoms with Crippen LogP contribution in [0, 0.1) is 0 Å². The van der Waals surface area contributed by atoms with Crippen molar-refractivity contribution < 1.29 is 44.8 Å². The van der Waals surface area contributed by atoms with Gasteiger partial charge in [-0.25, -0.2) is 0 Å². The lowest BCUT2D eigenvalue weighted by molar-refractivity contribution is 0.0324. The Labute approximate surface area is 224 Å². The molecule has 39 heavy (non-hydrogen) atoms. The molecule has 6 N–H and O–H groups in total. The fourth-order valence-corrected chi connectivity index (χ4v) is 4.08. The fraction of sp³-hybridized carbons (Fsp3) is 0.133. The van der Waals surface area contributed by atoms with Crippen molar-refractivity contribution in [3.05, 3.63) is 95.1 Å². The maximum absolute atomic E-state index is 11.3. The zero-order valence-electron chi connectivity index (χ0n) is 21.1. The van der Waals surface area contributed by atoms with Crippen LogP contribution >= 0.6 is 0 Å². The minimum absolute atomic E-state index is 0.0650. The highest BCUT2D eigenvalue weighted by Gasteiger charge is 2.28. The van der Waals surface area contributed by atoms with Crippen LogP contribution in [0.25, 0.3) is 12.2 Å². The van der Waals surface area contributed by atoms with Gasteiger partial charge in [0.25, 0.3) is 0 Å². The second-order valence-electron chi connectivity index (χ2n) is 8.72. The molecule has 0 heterocycles. The van der Waals surface area contributed by atoms with Gasteiger partial charge in [0.1, 0.15) is 29.1 Å². The van der Waals surface area contributed by atoms with E-state index in [0.717, 1.165) is 11.6 Å². The number of ether oxygens (including phenoxy) is 3. The molecule has 0 unspecified atom stereocenters. The molecule has 0 radical (unpaired) electrons. The zero-order chi connectivity index (χ0) is 28.1. The summed E-state index contributed by atoms with van der Waals surface area (Å²) in [5.41, 5.74) is 1.94. The standard InChI is InChI=1S/C30H28O9/c1-37-27-14-19(6-7-25(27)35)29(36)30(20-12-23(33)16-24(34)13-20)39-26-8-5-17(11-28(26)38-2)3-4-18-9-21(31)15-22(32)10-18/h3-16,29-36H,1-2H3/b4-3+/t29-,30+/m0/s1. The van der Waals surface area contributed by atoms with Crippen molar-refractivity contribution in [1.29, 1.82) is 0 Å². The van der Waals surface area contributed by atoms with Crippen LogP contribution in [-0.4, -0.2) is 44.9 Å². The first-order chi connectivity index (χ1) is 18.7. The highest BCUT2D eigenvalue weighted by Crippen LogP contribution is 2.41. The van der Waals surface area contributed by atoms with E-state index in [0.29, 0.717) is 16.9 Å². The number of hydrogen-bond donors (Lipinski definition) is 6. The van der Waals surface area contributed by atoms with Crippen LogP contribution in [0.2, 0.25) is 0 Å². The molecule has 4 rings (SSSR count). The maximum Gasteiger partial charge on any atom is 0.162 e. The van der Waals surface area contributed by atoms with Crippen LogP contribution < -0.4 is 14.2 Å². The molecule has 0 saturated heterocycles. The van der Waals surface area contributed by atoms with Crippen molar-refractivity contribution in [2.24, 2.45) is 0 Å². The van der Waals surface area contributed by atoms with Gasteiger partial charge in [-0.05, 0) is 65.2 Å². The van der Waals surface area contributed by atoms with Crippen molar-refractivity contribution in [2.75, 3.05) is 14.2 Å². The lowest BCUT2D eigenvalue weighted by atomic mass is 9.97. The van der Waals surface area contributed by atoms with E-state index in [1.807, 2.05) is 0 Å². The third kappa shape index (κ3) is 6.46. The minimum Gasteiger partial charge on any atom is -0.508 e. The molecular weight excluding hydrogens is 504 g/mol. The number of phenolic OH excluding ortho intramolecular Hbond substituents is 5. The predicted molar refractivity (Wildman–Crippen MR) is 144 cm³/mol. The van der Waals surface area contributed by atoms with Crippen LogP contribution in [0.15, 0.2) is 72.8 Å². The van der Waals surface area contributed by atoms with Gasteiger partial charge in [0.05, 0.1) is 14.2 Å². The molecule has 0 saturated carbocycles. The number of methoxy groups -OCH3 is 2. The Balaban J connectivity index is 1.69. The van der Waals surface area contributed by atoms with Crippen molar-refractivity contribution in [3.63, 3.8) is 0 Å². The van der Waals surface area contributed by atoms with Crippen LogP contribution in [0.1, 0.15) is 34.5 Å². The molecule has 0 aromatic heterocycles. The third-order valence-electron chi connectivity index (χ3n) is 5.92. The van der Waals surface area contributed by atoms with E-state index in [4.69, 9.17) is 14.2 Å². The van der Waals surface area contributed by atoms with E-state index in [-0.39, 0.29) is 45.8 Å². The molecule has 2 atom stereocenters. The number of benzene rings is 4. The van der Waals surface area contributed by atoms with E-state index in [1.54, 1.807) is 30.4 Å². The first-order valence-corrected chi connectivity index (χ1v) is 11.8. The summed E-state index contributed by atoms with van der Waals surface area (Å²) in [6.45, 7) is 0. The smallest absolute Gasteiger partial charge is 0.162 e. The fourth-order valence-electron chi connectivity index (χ4n) is 4.08. The summed E-state index contributed by atoms with van der Waals surface area (Å²) in [5, 5.41) is 60.9. The van der Waals surface area contributed by atoms with Crippen molar-refractivity contribution >= 4 is 12.2 Å². The number of aliphatic hydroxyl groups excluding tert-OH is 1. The third-order valence-corrected chi connectivity index (χ3v) is 5.92. The molecule has 0 aliphatic carbocycles. The Bertz CT molecular complexity index is 1460. The summed E-state index contributed by atoms with van der Waals surface area (Å²) in [7, 11) is 2.84. The van der Waals surface area contributed by atoms with E-state index in [1.165, 1.54) is 62.8 Å². The largest absolute Gasteiger partial charge is 0.508 e. The highest BCUT2D eigenvalue weighted by atomic mass is 16.5. The number of aromatic hydroxyl groups is 5. The van der Waals surface area contributed by atoms with Gasteiger partial charge in [-0.15, -0.1) is 0 Å². The van der Waals surface area contributed by atoms with E-state index < -0.39 is 12.2 Å². The highest BCUT2D eigenvalue weighted by molar-refractivity contribution is 5.72. The molecule has 0 aliphatic rings. The number of rotatable bonds is 9. The van der Waals surface area contributed by atoms with Crippen molar-refractivity contribution in [2.45, 2.75) is 12.2 Å². The molecule has 9 nitrogen and oxygen atoms in total. The molecular formula is C30H28O9. The van der Waals surface area contributed by atoms with E-state index in [2.05, 4.69) is 0 Å². The van der Waals surface area contributed by atoms with Crippen LogP contribution in [-0.2, 0) is 0 Å². The van der Waals surface area contributed by atoms with Crippen LogP contribution in [0.5, 0.6) is 46.0 Å². The van der Waals surface area contributed by atoms with Crippen molar-refractivity contribution in [1.82, 2.24) is 0 Å². The Hall–Kier alpha value is -5.02. The monoisotopic (exact) mass is 532 g/mol. The van der Waals surface area contributed by atoms with Crippen LogP contribution in [0.4, 0.5) is 0 Å². The van der Waals surface area contributed by atoms with Gasteiger partial charge in [0.2, 0.25) is 0 Å². The molecule has 0 fully saturated rings. The molecule has 0 amide bonds. The zero-order valence-corrected chi connectivity index (χ0v) is 21.1. The predicted octanol–water partition coefficient (Wildman–Crippen LogP) is 5.26. The quantitative estimate of drug-likeness (QED) is 0.159. The molecule has 9 heteroatoms. The average Bonchev–Trinajstić information content (AvgIpc) is 2.89. The van der Waals surface area contributed by atoms with E-state index in [9.17, 15) is 30.6 Å². The van der Waals surface area contributed by atoms with E-state index >= 15 is 0 Å². The van der Waals surface area contributed by atoms with Gasteiger partial charge in [-0.2, -0.15) is 0 Å². The first-order valence-electron chi connectivity index (χ1n) is 11.8. The maximum atomic E-state index is 11.3. The topological polar surface area (TPSA) is 149 Å². The second kappa shape index (κ2) is 11.6. The average molecular weight is 533 g/mol. The first kappa shape index (κ1) is 27.0. The molecule has 4 aromatic rings. The Kier molecular flexibility index (Phi) is 8.02. The Morgan fingerprint density at radius 3 is 1.77 bits per heavy atom. The number of phenols is 5. The number of hydrogen-bond acceptors (Lipinski definition) is 9. The van der Waals surface area contributed by atoms with Crippen molar-refractivity contribution in [3.8, 4) is 46.0 Å². The summed E-state index contributed by atoms with van der Waals surface area (Å²) >= 11 is 0. The molecule has 0 spiro atoms. The summed E-state index contributed by atoms with van der Waals surface area (Å²) in [6.07, 6.45) is 1.02. The Morgan fingerprint density at radius 1 is 0.564 bits per heavy atom. The normalized spacial score (nSPS) is 12.7. The molecule has 0 bridgehead atoms.